The van der Waals surface area contributed by atoms with E-state index in [-0.39, 0.29) is 11.7 Å². The molecule has 29 heavy (non-hydrogen) atoms. The monoisotopic (exact) mass is 518 g/mol. The number of nitrogens with zero attached hydrogens (tertiary/aromatic N) is 1. The Kier molecular flexibility index (Phi) is 6.90. The average Bonchev–Trinajstić information content (AvgIpc) is 2.72. The topological polar surface area (TPSA) is 80.2 Å². The molecule has 0 unspecified atom stereocenters. The lowest BCUT2D eigenvalue weighted by atomic mass is 10.2. The zero-order valence-electron chi connectivity index (χ0n) is 15.2. The molecule has 6 nitrogen and oxygen atoms in total. The van der Waals surface area contributed by atoms with Crippen LogP contribution in [-0.2, 0) is 0 Å². The van der Waals surface area contributed by atoms with E-state index in [0.717, 1.165) is 5.75 Å². The van der Waals surface area contributed by atoms with E-state index in [1.807, 2.05) is 0 Å². The molecule has 0 heterocycles. The Morgan fingerprint density at radius 2 is 1.66 bits per heavy atom. The molecule has 0 aliphatic carbocycles. The van der Waals surface area contributed by atoms with Crippen LogP contribution >= 0.6 is 31.9 Å². The number of carbonyl (C=O) groups excluding carboxylic acids is 1. The highest BCUT2D eigenvalue weighted by atomic mass is 79.9. The second-order valence-electron chi connectivity index (χ2n) is 5.84. The van der Waals surface area contributed by atoms with E-state index in [9.17, 15) is 9.90 Å². The maximum Gasteiger partial charge on any atom is 0.271 e. The van der Waals surface area contributed by atoms with E-state index in [0.29, 0.717) is 31.6 Å². The lowest BCUT2D eigenvalue weighted by molar-refractivity contribution is 0.0955. The summed E-state index contributed by atoms with van der Waals surface area (Å²) in [5.74, 6) is 1.61. The molecule has 0 saturated carbocycles. The second-order valence-corrected chi connectivity index (χ2v) is 7.55. The van der Waals surface area contributed by atoms with E-state index < -0.39 is 0 Å². The predicted octanol–water partition coefficient (Wildman–Crippen LogP) is 5.48. The van der Waals surface area contributed by atoms with Crippen LogP contribution in [0.5, 0.6) is 23.0 Å². The lowest BCUT2D eigenvalue weighted by Crippen LogP contribution is -2.17. The van der Waals surface area contributed by atoms with E-state index in [1.165, 1.54) is 6.21 Å². The summed E-state index contributed by atoms with van der Waals surface area (Å²) >= 11 is 6.50. The minimum atomic E-state index is -0.377. The van der Waals surface area contributed by atoms with Gasteiger partial charge < -0.3 is 14.6 Å². The Bertz CT molecular complexity index is 1030. The van der Waals surface area contributed by atoms with Crippen LogP contribution < -0.4 is 14.9 Å². The molecule has 3 aromatic carbocycles. The Labute approximate surface area is 184 Å². The summed E-state index contributed by atoms with van der Waals surface area (Å²) in [5.41, 5.74) is 3.57. The molecule has 0 radical (unpaired) electrons. The van der Waals surface area contributed by atoms with E-state index in [4.69, 9.17) is 9.47 Å². The van der Waals surface area contributed by atoms with Gasteiger partial charge in [0, 0.05) is 5.56 Å². The summed E-state index contributed by atoms with van der Waals surface area (Å²) in [7, 11) is 1.60. The summed E-state index contributed by atoms with van der Waals surface area (Å²) in [6.45, 7) is 0. The van der Waals surface area contributed by atoms with Gasteiger partial charge in [0.15, 0.2) is 0 Å². The first-order valence-electron chi connectivity index (χ1n) is 8.39. The minimum absolute atomic E-state index is 0.0971. The van der Waals surface area contributed by atoms with Gasteiger partial charge in [0.2, 0.25) is 0 Å². The van der Waals surface area contributed by atoms with Gasteiger partial charge in [0.25, 0.3) is 5.91 Å². The number of hydrogen-bond donors (Lipinski definition) is 2. The smallest absolute Gasteiger partial charge is 0.271 e. The number of ether oxygens (including phenoxy) is 2. The fraction of sp³-hybridized carbons (Fsp3) is 0.0476. The molecule has 0 spiro atoms. The highest BCUT2D eigenvalue weighted by molar-refractivity contribution is 9.11. The molecule has 0 bridgehead atoms. The number of amides is 1. The molecule has 8 heteroatoms. The summed E-state index contributed by atoms with van der Waals surface area (Å²) in [6.07, 6.45) is 1.48. The van der Waals surface area contributed by atoms with Crippen molar-refractivity contribution in [2.24, 2.45) is 5.10 Å². The van der Waals surface area contributed by atoms with E-state index in [2.05, 4.69) is 42.4 Å². The van der Waals surface area contributed by atoms with Crippen LogP contribution in [0.4, 0.5) is 0 Å². The van der Waals surface area contributed by atoms with Crippen molar-refractivity contribution in [3.63, 3.8) is 0 Å². The van der Waals surface area contributed by atoms with Gasteiger partial charge in [0.1, 0.15) is 23.0 Å². The quantitative estimate of drug-likeness (QED) is 0.333. The summed E-state index contributed by atoms with van der Waals surface area (Å²) in [4.78, 5) is 12.4. The number of benzene rings is 3. The number of methoxy groups -OCH3 is 1. The van der Waals surface area contributed by atoms with Crippen molar-refractivity contribution in [3.05, 3.63) is 80.7 Å². The highest BCUT2D eigenvalue weighted by Gasteiger charge is 2.08. The molecule has 3 aromatic rings. The first kappa shape index (κ1) is 20.9. The van der Waals surface area contributed by atoms with Gasteiger partial charge in [-0.1, -0.05) is 6.07 Å². The van der Waals surface area contributed by atoms with Crippen LogP contribution in [0.1, 0.15) is 15.9 Å². The SMILES string of the molecule is COc1ccc(Oc2cccc(C(=O)NN=Cc3cc(Br)c(O)c(Br)c3)c2)cc1. The molecule has 0 atom stereocenters. The Balaban J connectivity index is 1.65. The number of hydrazone groups is 1. The van der Waals surface area contributed by atoms with E-state index in [1.54, 1.807) is 67.8 Å². The van der Waals surface area contributed by atoms with Crippen molar-refractivity contribution < 1.29 is 19.4 Å². The second kappa shape index (κ2) is 9.58. The zero-order chi connectivity index (χ0) is 20.8. The first-order chi connectivity index (χ1) is 14.0. The van der Waals surface area contributed by atoms with Gasteiger partial charge in [-0.25, -0.2) is 5.43 Å². The standard InChI is InChI=1S/C21H16Br2N2O4/c1-28-15-5-7-16(8-6-15)29-17-4-2-3-14(11-17)21(27)25-24-12-13-9-18(22)20(26)19(23)10-13/h2-12,26H,1H3,(H,25,27). The fourth-order valence-electron chi connectivity index (χ4n) is 2.37. The third-order valence-corrected chi connectivity index (χ3v) is 5.02. The molecule has 1 amide bonds. The molecule has 3 rings (SSSR count). The maximum absolute atomic E-state index is 12.4. The Morgan fingerprint density at radius 1 is 1.00 bits per heavy atom. The predicted molar refractivity (Wildman–Crippen MR) is 118 cm³/mol. The number of phenols is 1. The molecule has 0 fully saturated rings. The van der Waals surface area contributed by atoms with Crippen molar-refractivity contribution in [1.29, 1.82) is 0 Å². The summed E-state index contributed by atoms with van der Waals surface area (Å²) in [6, 6.07) is 17.3. The summed E-state index contributed by atoms with van der Waals surface area (Å²) < 4.78 is 11.9. The van der Waals surface area contributed by atoms with Crippen molar-refractivity contribution >= 4 is 44.0 Å². The zero-order valence-corrected chi connectivity index (χ0v) is 18.4. The number of phenolic OH excluding ortho intramolecular Hbond substituents is 1. The molecule has 0 saturated heterocycles. The normalized spacial score (nSPS) is 10.7. The molecule has 148 valence electrons. The Hall–Kier alpha value is -2.84. The van der Waals surface area contributed by atoms with Gasteiger partial charge in [-0.05, 0) is 92.0 Å². The number of hydrogen-bond acceptors (Lipinski definition) is 5. The number of nitrogens with one attached hydrogen (secondary N) is 1. The molecule has 0 aliphatic heterocycles. The van der Waals surface area contributed by atoms with Gasteiger partial charge in [-0.2, -0.15) is 5.10 Å². The van der Waals surface area contributed by atoms with Crippen molar-refractivity contribution in [1.82, 2.24) is 5.43 Å². The van der Waals surface area contributed by atoms with E-state index >= 15 is 0 Å². The molecular formula is C21H16Br2N2O4. The number of aromatic hydroxyl groups is 1. The maximum atomic E-state index is 12.4. The van der Waals surface area contributed by atoms with Gasteiger partial charge in [-0.15, -0.1) is 0 Å². The van der Waals surface area contributed by atoms with Crippen LogP contribution in [0.3, 0.4) is 0 Å². The van der Waals surface area contributed by atoms with Gasteiger partial charge in [-0.3, -0.25) is 4.79 Å². The average molecular weight is 520 g/mol. The largest absolute Gasteiger partial charge is 0.506 e. The summed E-state index contributed by atoms with van der Waals surface area (Å²) in [5, 5.41) is 13.7. The van der Waals surface area contributed by atoms with Crippen molar-refractivity contribution in [2.75, 3.05) is 7.11 Å². The molecular weight excluding hydrogens is 504 g/mol. The third-order valence-electron chi connectivity index (χ3n) is 3.81. The first-order valence-corrected chi connectivity index (χ1v) is 9.98. The fourth-order valence-corrected chi connectivity index (χ4v) is 3.59. The number of halogens is 2. The van der Waals surface area contributed by atoms with Crippen molar-refractivity contribution in [2.45, 2.75) is 0 Å². The molecule has 0 aliphatic rings. The Morgan fingerprint density at radius 3 is 2.31 bits per heavy atom. The highest BCUT2D eigenvalue weighted by Crippen LogP contribution is 2.32. The number of rotatable bonds is 6. The number of carbonyl (C=O) groups is 1. The van der Waals surface area contributed by atoms with Crippen LogP contribution in [0.2, 0.25) is 0 Å². The van der Waals surface area contributed by atoms with Crippen molar-refractivity contribution in [3.8, 4) is 23.0 Å². The minimum Gasteiger partial charge on any atom is -0.506 e. The van der Waals surface area contributed by atoms with Gasteiger partial charge in [0.05, 0.1) is 22.3 Å². The lowest BCUT2D eigenvalue weighted by Gasteiger charge is -2.08. The van der Waals surface area contributed by atoms with Crippen LogP contribution in [0.15, 0.2) is 74.7 Å². The molecule has 0 aromatic heterocycles. The van der Waals surface area contributed by atoms with Crippen LogP contribution in [0, 0.1) is 0 Å². The molecule has 2 N–H and O–H groups in total. The van der Waals surface area contributed by atoms with Crippen LogP contribution in [-0.4, -0.2) is 24.3 Å². The third kappa shape index (κ3) is 5.58. The van der Waals surface area contributed by atoms with Crippen LogP contribution in [0.25, 0.3) is 0 Å². The van der Waals surface area contributed by atoms with Gasteiger partial charge >= 0.3 is 0 Å².